The third kappa shape index (κ3) is 2.75. The van der Waals surface area contributed by atoms with Crippen LogP contribution in [0.4, 0.5) is 0 Å². The number of pyridine rings is 1. The van der Waals surface area contributed by atoms with E-state index in [4.69, 9.17) is 0 Å². The highest BCUT2D eigenvalue weighted by atomic mass is 79.9. The molecule has 0 aliphatic carbocycles. The van der Waals surface area contributed by atoms with Crippen molar-refractivity contribution in [2.24, 2.45) is 0 Å². The molecule has 4 heteroatoms. The van der Waals surface area contributed by atoms with Crippen LogP contribution in [0.25, 0.3) is 0 Å². The Bertz CT molecular complexity index is 642. The summed E-state index contributed by atoms with van der Waals surface area (Å²) in [5.41, 5.74) is 3.09. The Labute approximate surface area is 126 Å². The summed E-state index contributed by atoms with van der Waals surface area (Å²) in [4.78, 5) is 18.7. The fourth-order valence-corrected chi connectivity index (χ4v) is 2.91. The molecule has 2 heterocycles. The smallest absolute Gasteiger partial charge is 0.272 e. The van der Waals surface area contributed by atoms with Gasteiger partial charge in [0, 0.05) is 13.1 Å². The van der Waals surface area contributed by atoms with E-state index in [1.165, 1.54) is 11.1 Å². The number of hydrogen-bond donors (Lipinski definition) is 0. The second kappa shape index (κ2) is 5.75. The number of aryl methyl sites for hydroxylation is 1. The van der Waals surface area contributed by atoms with Crippen LogP contribution >= 0.6 is 15.9 Å². The quantitative estimate of drug-likeness (QED) is 0.750. The molecule has 102 valence electrons. The van der Waals surface area contributed by atoms with Crippen LogP contribution < -0.4 is 0 Å². The summed E-state index contributed by atoms with van der Waals surface area (Å²) in [5, 5.41) is 0. The Morgan fingerprint density at radius 3 is 2.70 bits per heavy atom. The molecule has 1 aliphatic heterocycles. The van der Waals surface area contributed by atoms with E-state index in [1.54, 1.807) is 6.07 Å². The summed E-state index contributed by atoms with van der Waals surface area (Å²) in [6, 6.07) is 13.8. The zero-order valence-electron chi connectivity index (χ0n) is 11.1. The highest BCUT2D eigenvalue weighted by Gasteiger charge is 2.20. The van der Waals surface area contributed by atoms with Gasteiger partial charge in [-0.1, -0.05) is 30.3 Å². The zero-order chi connectivity index (χ0) is 13.9. The first-order valence-corrected chi connectivity index (χ1v) is 7.52. The molecule has 0 radical (unpaired) electrons. The topological polar surface area (TPSA) is 33.2 Å². The van der Waals surface area contributed by atoms with Gasteiger partial charge in [-0.25, -0.2) is 4.98 Å². The Hall–Kier alpha value is -1.68. The van der Waals surface area contributed by atoms with Crippen LogP contribution in [0.5, 0.6) is 0 Å². The summed E-state index contributed by atoms with van der Waals surface area (Å²) < 4.78 is 0.693. The summed E-state index contributed by atoms with van der Waals surface area (Å²) in [5.74, 6) is 0.00278. The van der Waals surface area contributed by atoms with E-state index < -0.39 is 0 Å². The van der Waals surface area contributed by atoms with E-state index in [1.807, 2.05) is 23.1 Å². The average Bonchev–Trinajstić information content (AvgIpc) is 2.68. The van der Waals surface area contributed by atoms with Crippen LogP contribution in [0.2, 0.25) is 0 Å². The third-order valence-electron chi connectivity index (χ3n) is 3.58. The lowest BCUT2D eigenvalue weighted by atomic mass is 10.0. The van der Waals surface area contributed by atoms with Gasteiger partial charge in [-0.2, -0.15) is 0 Å². The molecule has 0 saturated heterocycles. The van der Waals surface area contributed by atoms with Crippen LogP contribution in [0.15, 0.2) is 47.1 Å². The lowest BCUT2D eigenvalue weighted by Crippen LogP contribution is -2.31. The normalized spacial score (nSPS) is 14.6. The number of aromatic nitrogens is 1. The Balaban J connectivity index is 1.86. The van der Waals surface area contributed by atoms with Gasteiger partial charge in [0.1, 0.15) is 10.3 Å². The van der Waals surface area contributed by atoms with Gasteiger partial charge in [-0.15, -0.1) is 0 Å². The Kier molecular flexibility index (Phi) is 3.83. The van der Waals surface area contributed by atoms with Gasteiger partial charge in [0.15, 0.2) is 0 Å². The van der Waals surface area contributed by atoms with Crippen molar-refractivity contribution in [1.82, 2.24) is 9.88 Å². The fraction of sp³-hybridized carbons (Fsp3) is 0.250. The molecule has 0 saturated carbocycles. The van der Waals surface area contributed by atoms with E-state index in [2.05, 4.69) is 39.1 Å². The predicted octanol–water partition coefficient (Wildman–Crippen LogP) is 3.43. The summed E-state index contributed by atoms with van der Waals surface area (Å²) in [7, 11) is 0. The second-order valence-electron chi connectivity index (χ2n) is 4.94. The average molecular weight is 331 g/mol. The van der Waals surface area contributed by atoms with Crippen molar-refractivity contribution in [1.29, 1.82) is 0 Å². The molecule has 1 aromatic heterocycles. The number of rotatable bonds is 1. The van der Waals surface area contributed by atoms with Gasteiger partial charge >= 0.3 is 0 Å². The fourth-order valence-electron chi connectivity index (χ4n) is 2.56. The van der Waals surface area contributed by atoms with Crippen LogP contribution in [-0.4, -0.2) is 22.3 Å². The SMILES string of the molecule is O=C(c1cccc(Br)n1)N1CCCc2ccccc2C1. The van der Waals surface area contributed by atoms with Gasteiger partial charge in [0.2, 0.25) is 0 Å². The molecule has 0 unspecified atom stereocenters. The molecule has 3 nitrogen and oxygen atoms in total. The van der Waals surface area contributed by atoms with Crippen LogP contribution in [0.1, 0.15) is 28.0 Å². The van der Waals surface area contributed by atoms with E-state index in [-0.39, 0.29) is 5.91 Å². The van der Waals surface area contributed by atoms with Crippen molar-refractivity contribution in [2.75, 3.05) is 6.54 Å². The highest BCUT2D eigenvalue weighted by molar-refractivity contribution is 9.10. The van der Waals surface area contributed by atoms with Crippen molar-refractivity contribution in [3.05, 3.63) is 63.9 Å². The minimum absolute atomic E-state index is 0.00278. The maximum Gasteiger partial charge on any atom is 0.272 e. The molecule has 1 aliphatic rings. The van der Waals surface area contributed by atoms with Crippen molar-refractivity contribution in [3.63, 3.8) is 0 Å². The number of amides is 1. The molecule has 1 aromatic carbocycles. The number of carbonyl (C=O) groups is 1. The minimum atomic E-state index is 0.00278. The van der Waals surface area contributed by atoms with E-state index >= 15 is 0 Å². The molecule has 3 rings (SSSR count). The molecule has 0 atom stereocenters. The molecule has 0 bridgehead atoms. The van der Waals surface area contributed by atoms with E-state index in [0.717, 1.165) is 19.4 Å². The molecular formula is C16H15BrN2O. The zero-order valence-corrected chi connectivity index (χ0v) is 12.6. The Morgan fingerprint density at radius 2 is 1.90 bits per heavy atom. The molecule has 0 fully saturated rings. The van der Waals surface area contributed by atoms with Gasteiger partial charge in [0.05, 0.1) is 0 Å². The van der Waals surface area contributed by atoms with E-state index in [0.29, 0.717) is 16.8 Å². The van der Waals surface area contributed by atoms with Gasteiger partial charge < -0.3 is 4.90 Å². The predicted molar refractivity (Wildman–Crippen MR) is 81.4 cm³/mol. The number of benzene rings is 1. The molecule has 0 spiro atoms. The largest absolute Gasteiger partial charge is 0.333 e. The monoisotopic (exact) mass is 330 g/mol. The highest BCUT2D eigenvalue weighted by Crippen LogP contribution is 2.20. The standard InChI is InChI=1S/C16H15BrN2O/c17-15-9-3-8-14(18-15)16(20)19-10-4-7-12-5-1-2-6-13(12)11-19/h1-3,5-6,8-9H,4,7,10-11H2. The van der Waals surface area contributed by atoms with Crippen LogP contribution in [0, 0.1) is 0 Å². The summed E-state index contributed by atoms with van der Waals surface area (Å²) >= 11 is 3.31. The maximum atomic E-state index is 12.6. The van der Waals surface area contributed by atoms with Crippen molar-refractivity contribution < 1.29 is 4.79 Å². The molecule has 0 N–H and O–H groups in total. The molecule has 1 amide bonds. The maximum absolute atomic E-state index is 12.6. The first kappa shape index (κ1) is 13.3. The first-order valence-electron chi connectivity index (χ1n) is 6.72. The van der Waals surface area contributed by atoms with Crippen LogP contribution in [-0.2, 0) is 13.0 Å². The molecular weight excluding hydrogens is 316 g/mol. The number of nitrogens with zero attached hydrogens (tertiary/aromatic N) is 2. The summed E-state index contributed by atoms with van der Waals surface area (Å²) in [6.07, 6.45) is 2.03. The van der Waals surface area contributed by atoms with E-state index in [9.17, 15) is 4.79 Å². The number of halogens is 1. The van der Waals surface area contributed by atoms with Crippen molar-refractivity contribution >= 4 is 21.8 Å². The lowest BCUT2D eigenvalue weighted by Gasteiger charge is -2.20. The summed E-state index contributed by atoms with van der Waals surface area (Å²) in [6.45, 7) is 1.45. The number of carbonyl (C=O) groups excluding carboxylic acids is 1. The van der Waals surface area contributed by atoms with Crippen LogP contribution in [0.3, 0.4) is 0 Å². The Morgan fingerprint density at radius 1 is 1.10 bits per heavy atom. The first-order chi connectivity index (χ1) is 9.74. The minimum Gasteiger partial charge on any atom is -0.333 e. The lowest BCUT2D eigenvalue weighted by molar-refractivity contribution is 0.0740. The number of hydrogen-bond acceptors (Lipinski definition) is 2. The van der Waals surface area contributed by atoms with Gasteiger partial charge in [0.25, 0.3) is 5.91 Å². The third-order valence-corrected chi connectivity index (χ3v) is 4.02. The van der Waals surface area contributed by atoms with Crippen molar-refractivity contribution in [3.8, 4) is 0 Å². The molecule has 20 heavy (non-hydrogen) atoms. The van der Waals surface area contributed by atoms with Gasteiger partial charge in [-0.05, 0) is 52.0 Å². The van der Waals surface area contributed by atoms with Crippen molar-refractivity contribution in [2.45, 2.75) is 19.4 Å². The van der Waals surface area contributed by atoms with Gasteiger partial charge in [-0.3, -0.25) is 4.79 Å². The second-order valence-corrected chi connectivity index (χ2v) is 5.76. The molecule has 2 aromatic rings. The number of fused-ring (bicyclic) bond motifs is 1.